The second-order valence-corrected chi connectivity index (χ2v) is 12.9. The first-order valence-electron chi connectivity index (χ1n) is 16.9. The Kier molecular flexibility index (Phi) is 6.35. The van der Waals surface area contributed by atoms with Gasteiger partial charge in [-0.05, 0) is 69.9 Å². The second-order valence-electron chi connectivity index (χ2n) is 12.9. The molecular weight excluding hydrogens is 607 g/mol. The van der Waals surface area contributed by atoms with Gasteiger partial charge in [0.15, 0.2) is 0 Å². The first kappa shape index (κ1) is 28.4. The minimum Gasteiger partial charge on any atom is -0.256 e. The van der Waals surface area contributed by atoms with Gasteiger partial charge < -0.3 is 0 Å². The SMILES string of the molecule is CC1=C=CC=Cc2ccc3c(-c4ccc(-c5cccc(-c6nc7ccccc7c7c8ccccc8c8ccccc8c67)c5)nc4)ccnc3c21. The highest BCUT2D eigenvalue weighted by Crippen LogP contribution is 2.43. The number of nitrogens with zero attached hydrogens (tertiary/aromatic N) is 3. The summed E-state index contributed by atoms with van der Waals surface area (Å²) in [6, 6.07) is 45.3. The van der Waals surface area contributed by atoms with E-state index in [1.807, 2.05) is 24.5 Å². The van der Waals surface area contributed by atoms with Crippen molar-refractivity contribution in [3.8, 4) is 33.6 Å². The molecule has 232 valence electrons. The van der Waals surface area contributed by atoms with Crippen LogP contribution in [0.15, 0.2) is 158 Å². The van der Waals surface area contributed by atoms with Crippen LogP contribution in [0.3, 0.4) is 0 Å². The van der Waals surface area contributed by atoms with Crippen LogP contribution < -0.4 is 0 Å². The van der Waals surface area contributed by atoms with Crippen LogP contribution in [0.1, 0.15) is 18.1 Å². The molecule has 10 rings (SSSR count). The summed E-state index contributed by atoms with van der Waals surface area (Å²) in [5.74, 6) is 0. The van der Waals surface area contributed by atoms with Crippen molar-refractivity contribution in [3.05, 3.63) is 169 Å². The standard InChI is InChI=1S/C47H29N3/c1-29-11-2-3-12-30-21-23-39-34(25-26-48-47(39)43(29)30)33-22-24-41(49-28-33)31-13-10-14-32(27-31)46-45-38-18-7-5-16-36(38)35-15-4-6-17-37(35)44(45)40-19-8-9-20-42(40)50-46/h2-10,12-28H,1H3. The van der Waals surface area contributed by atoms with E-state index < -0.39 is 0 Å². The van der Waals surface area contributed by atoms with Crippen LogP contribution in [-0.2, 0) is 0 Å². The molecule has 0 saturated heterocycles. The number of pyridine rings is 3. The van der Waals surface area contributed by atoms with Gasteiger partial charge in [0.2, 0.25) is 0 Å². The number of para-hydroxylation sites is 1. The molecule has 0 saturated carbocycles. The summed E-state index contributed by atoms with van der Waals surface area (Å²) in [5.41, 5.74) is 14.9. The maximum Gasteiger partial charge on any atom is 0.0795 e. The van der Waals surface area contributed by atoms with Crippen LogP contribution in [0.25, 0.3) is 99.4 Å². The lowest BCUT2D eigenvalue weighted by molar-refractivity contribution is 1.32. The number of benzene rings is 6. The molecule has 9 aromatic rings. The zero-order valence-corrected chi connectivity index (χ0v) is 27.4. The van der Waals surface area contributed by atoms with E-state index in [4.69, 9.17) is 15.0 Å². The summed E-state index contributed by atoms with van der Waals surface area (Å²) >= 11 is 0. The fourth-order valence-electron chi connectivity index (χ4n) is 7.80. The van der Waals surface area contributed by atoms with Crippen molar-refractivity contribution in [2.24, 2.45) is 0 Å². The molecule has 3 heterocycles. The molecule has 3 heteroatoms. The van der Waals surface area contributed by atoms with Crippen molar-refractivity contribution >= 4 is 65.8 Å². The number of hydrogen-bond acceptors (Lipinski definition) is 3. The molecule has 0 fully saturated rings. The molecule has 0 amide bonds. The van der Waals surface area contributed by atoms with Gasteiger partial charge in [-0.1, -0.05) is 115 Å². The predicted octanol–water partition coefficient (Wildman–Crippen LogP) is 12.2. The molecule has 0 atom stereocenters. The molecule has 0 unspecified atom stereocenters. The van der Waals surface area contributed by atoms with E-state index in [9.17, 15) is 0 Å². The molecule has 1 aliphatic rings. The largest absolute Gasteiger partial charge is 0.256 e. The van der Waals surface area contributed by atoms with E-state index in [0.717, 1.165) is 66.8 Å². The highest BCUT2D eigenvalue weighted by atomic mass is 14.7. The van der Waals surface area contributed by atoms with E-state index in [2.05, 4.69) is 146 Å². The zero-order valence-electron chi connectivity index (χ0n) is 27.4. The summed E-state index contributed by atoms with van der Waals surface area (Å²) < 4.78 is 0. The lowest BCUT2D eigenvalue weighted by atomic mass is 9.89. The van der Waals surface area contributed by atoms with Crippen molar-refractivity contribution in [1.29, 1.82) is 0 Å². The molecule has 0 bridgehead atoms. The summed E-state index contributed by atoms with van der Waals surface area (Å²) in [4.78, 5) is 15.2. The monoisotopic (exact) mass is 635 g/mol. The van der Waals surface area contributed by atoms with Crippen molar-refractivity contribution in [1.82, 2.24) is 15.0 Å². The topological polar surface area (TPSA) is 38.7 Å². The van der Waals surface area contributed by atoms with Gasteiger partial charge >= 0.3 is 0 Å². The minimum atomic E-state index is 0.914. The Bertz CT molecular complexity index is 2960. The van der Waals surface area contributed by atoms with Crippen LogP contribution in [-0.4, -0.2) is 15.0 Å². The van der Waals surface area contributed by atoms with Crippen molar-refractivity contribution in [3.63, 3.8) is 0 Å². The van der Waals surface area contributed by atoms with Gasteiger partial charge in [0.05, 0.1) is 22.4 Å². The number of aromatic nitrogens is 3. The molecule has 3 aromatic heterocycles. The van der Waals surface area contributed by atoms with E-state index >= 15 is 0 Å². The number of rotatable bonds is 3. The molecule has 0 spiro atoms. The fraction of sp³-hybridized carbons (Fsp3) is 0.0213. The zero-order chi connectivity index (χ0) is 33.2. The Morgan fingerprint density at radius 2 is 1.30 bits per heavy atom. The fourth-order valence-corrected chi connectivity index (χ4v) is 7.80. The average molecular weight is 636 g/mol. The van der Waals surface area contributed by atoms with Gasteiger partial charge in [0.25, 0.3) is 0 Å². The Morgan fingerprint density at radius 1 is 0.560 bits per heavy atom. The second kappa shape index (κ2) is 11.2. The summed E-state index contributed by atoms with van der Waals surface area (Å²) in [7, 11) is 0. The maximum atomic E-state index is 5.35. The number of allylic oxidation sites excluding steroid dienone is 2. The van der Waals surface area contributed by atoms with Crippen molar-refractivity contribution < 1.29 is 0 Å². The minimum absolute atomic E-state index is 0.914. The summed E-state index contributed by atoms with van der Waals surface area (Å²) in [6.45, 7) is 2.10. The van der Waals surface area contributed by atoms with Crippen molar-refractivity contribution in [2.75, 3.05) is 0 Å². The first-order chi connectivity index (χ1) is 24.7. The lowest BCUT2D eigenvalue weighted by Gasteiger charge is -2.16. The van der Waals surface area contributed by atoms with E-state index in [1.165, 1.54) is 37.7 Å². The van der Waals surface area contributed by atoms with E-state index in [-0.39, 0.29) is 0 Å². The van der Waals surface area contributed by atoms with E-state index in [0.29, 0.717) is 0 Å². The predicted molar refractivity (Wildman–Crippen MR) is 210 cm³/mol. The average Bonchev–Trinajstić information content (AvgIpc) is 3.38. The third-order valence-corrected chi connectivity index (χ3v) is 10.1. The smallest absolute Gasteiger partial charge is 0.0795 e. The van der Waals surface area contributed by atoms with Crippen LogP contribution in [0.2, 0.25) is 0 Å². The van der Waals surface area contributed by atoms with Crippen LogP contribution in [0.5, 0.6) is 0 Å². The number of fused-ring (bicyclic) bond motifs is 11. The van der Waals surface area contributed by atoms with Gasteiger partial charge in [-0.2, -0.15) is 0 Å². The molecule has 1 aliphatic carbocycles. The van der Waals surface area contributed by atoms with Gasteiger partial charge in [0, 0.05) is 61.8 Å². The molecule has 0 radical (unpaired) electrons. The van der Waals surface area contributed by atoms with Gasteiger partial charge in [-0.25, -0.2) is 4.98 Å². The van der Waals surface area contributed by atoms with Crippen molar-refractivity contribution in [2.45, 2.75) is 6.92 Å². The molecule has 6 aromatic carbocycles. The number of hydrogen-bond donors (Lipinski definition) is 0. The van der Waals surface area contributed by atoms with Gasteiger partial charge in [0.1, 0.15) is 0 Å². The Balaban J connectivity index is 1.13. The Morgan fingerprint density at radius 3 is 2.10 bits per heavy atom. The van der Waals surface area contributed by atoms with Crippen LogP contribution in [0, 0.1) is 0 Å². The highest BCUT2D eigenvalue weighted by molar-refractivity contribution is 6.33. The molecule has 3 nitrogen and oxygen atoms in total. The van der Waals surface area contributed by atoms with Crippen LogP contribution >= 0.6 is 0 Å². The molecule has 0 aliphatic heterocycles. The molecule has 50 heavy (non-hydrogen) atoms. The lowest BCUT2D eigenvalue weighted by Crippen LogP contribution is -1.94. The summed E-state index contributed by atoms with van der Waals surface area (Å²) in [6.07, 6.45) is 10.00. The Hall–Kier alpha value is -6.67. The molecule has 0 N–H and O–H groups in total. The third-order valence-electron chi connectivity index (χ3n) is 10.1. The first-order valence-corrected chi connectivity index (χ1v) is 16.9. The maximum absolute atomic E-state index is 5.35. The third kappa shape index (κ3) is 4.35. The highest BCUT2D eigenvalue weighted by Gasteiger charge is 2.18. The molecular formula is C47H29N3. The van der Waals surface area contributed by atoms with E-state index in [1.54, 1.807) is 0 Å². The normalized spacial score (nSPS) is 12.5. The summed E-state index contributed by atoms with van der Waals surface area (Å²) in [5, 5.41) is 9.64. The van der Waals surface area contributed by atoms with Gasteiger partial charge in [-0.3, -0.25) is 9.97 Å². The quantitative estimate of drug-likeness (QED) is 0.143. The van der Waals surface area contributed by atoms with Gasteiger partial charge in [-0.15, -0.1) is 5.73 Å². The Labute approximate surface area is 289 Å². The van der Waals surface area contributed by atoms with Crippen LogP contribution in [0.4, 0.5) is 0 Å².